The van der Waals surface area contributed by atoms with Crippen LogP contribution in [0.25, 0.3) is 16.7 Å². The lowest BCUT2D eigenvalue weighted by molar-refractivity contribution is 0.307. The zero-order valence-electron chi connectivity index (χ0n) is 17.9. The molecule has 2 aromatic carbocycles. The Morgan fingerprint density at radius 2 is 2.03 bits per heavy atom. The topological polar surface area (TPSA) is 63.7 Å². The Balaban J connectivity index is 1.43. The fourth-order valence-electron chi connectivity index (χ4n) is 4.58. The molecular formula is C27H22N4O. The van der Waals surface area contributed by atoms with Gasteiger partial charge in [-0.1, -0.05) is 36.4 Å². The zero-order valence-corrected chi connectivity index (χ0v) is 17.9. The number of pyridine rings is 1. The Morgan fingerprint density at radius 3 is 2.88 bits per heavy atom. The van der Waals surface area contributed by atoms with Crippen molar-refractivity contribution in [3.8, 4) is 11.8 Å². The molecule has 32 heavy (non-hydrogen) atoms. The Bertz CT molecular complexity index is 1440. The van der Waals surface area contributed by atoms with Crippen molar-refractivity contribution in [2.75, 3.05) is 0 Å². The van der Waals surface area contributed by atoms with Gasteiger partial charge in [-0.3, -0.25) is 0 Å². The third-order valence-corrected chi connectivity index (χ3v) is 6.38. The van der Waals surface area contributed by atoms with E-state index in [2.05, 4.69) is 52.9 Å². The van der Waals surface area contributed by atoms with E-state index in [1.807, 2.05) is 24.4 Å². The number of nitriles is 1. The molecule has 1 saturated carbocycles. The van der Waals surface area contributed by atoms with Gasteiger partial charge in [0.2, 0.25) is 0 Å². The molecule has 6 rings (SSSR count). The number of fused-ring (bicyclic) bond motifs is 3. The highest BCUT2D eigenvalue weighted by molar-refractivity contribution is 5.86. The van der Waals surface area contributed by atoms with Gasteiger partial charge < -0.3 is 9.30 Å². The summed E-state index contributed by atoms with van der Waals surface area (Å²) in [6.07, 6.45) is 5.86. The second-order valence-electron chi connectivity index (χ2n) is 8.59. The van der Waals surface area contributed by atoms with Crippen molar-refractivity contribution in [1.29, 1.82) is 5.26 Å². The summed E-state index contributed by atoms with van der Waals surface area (Å²) < 4.78 is 8.48. The highest BCUT2D eigenvalue weighted by atomic mass is 16.5. The highest BCUT2D eigenvalue weighted by Gasteiger charge is 2.30. The quantitative estimate of drug-likeness (QED) is 0.411. The second-order valence-corrected chi connectivity index (χ2v) is 8.59. The zero-order chi connectivity index (χ0) is 21.7. The summed E-state index contributed by atoms with van der Waals surface area (Å²) in [4.78, 5) is 9.62. The lowest BCUT2D eigenvalue weighted by Crippen LogP contribution is -2.06. The minimum Gasteiger partial charge on any atom is -0.488 e. The average Bonchev–Trinajstić information content (AvgIpc) is 3.61. The highest BCUT2D eigenvalue weighted by Crippen LogP contribution is 2.41. The molecule has 0 atom stereocenters. The largest absolute Gasteiger partial charge is 0.488 e. The molecule has 4 aromatic rings. The molecule has 156 valence electrons. The monoisotopic (exact) mass is 418 g/mol. The van der Waals surface area contributed by atoms with Gasteiger partial charge in [0.25, 0.3) is 0 Å². The predicted octanol–water partition coefficient (Wildman–Crippen LogP) is 5.51. The minimum atomic E-state index is 0.484. The van der Waals surface area contributed by atoms with Crippen LogP contribution in [0.1, 0.15) is 52.4 Å². The van der Waals surface area contributed by atoms with Crippen molar-refractivity contribution in [3.63, 3.8) is 0 Å². The SMILES string of the molecule is Cc1ccnc2c1nc(C1CC1)n2Cc1ccc2c(c1)OCc1ccccc1C2=CC#N. The van der Waals surface area contributed by atoms with Gasteiger partial charge in [-0.25, -0.2) is 9.97 Å². The number of hydrogen-bond donors (Lipinski definition) is 0. The molecule has 0 unspecified atom stereocenters. The molecule has 3 heterocycles. The van der Waals surface area contributed by atoms with Crippen LogP contribution in [0.5, 0.6) is 5.75 Å². The number of rotatable bonds is 3. The van der Waals surface area contributed by atoms with Gasteiger partial charge in [0.05, 0.1) is 12.6 Å². The van der Waals surface area contributed by atoms with Crippen LogP contribution in [0.3, 0.4) is 0 Å². The number of allylic oxidation sites excluding steroid dienone is 1. The van der Waals surface area contributed by atoms with Crippen molar-refractivity contribution in [2.45, 2.75) is 38.8 Å². The van der Waals surface area contributed by atoms with E-state index in [4.69, 9.17) is 9.72 Å². The summed E-state index contributed by atoms with van der Waals surface area (Å²) in [5.74, 6) is 2.47. The summed E-state index contributed by atoms with van der Waals surface area (Å²) in [5.41, 5.74) is 8.23. The number of nitrogens with zero attached hydrogens (tertiary/aromatic N) is 4. The van der Waals surface area contributed by atoms with Gasteiger partial charge in [-0.05, 0) is 54.2 Å². The van der Waals surface area contributed by atoms with Gasteiger partial charge in [-0.15, -0.1) is 0 Å². The normalized spacial score (nSPS) is 16.2. The van der Waals surface area contributed by atoms with Gasteiger partial charge >= 0.3 is 0 Å². The van der Waals surface area contributed by atoms with Crippen LogP contribution in [0.4, 0.5) is 0 Å². The van der Waals surface area contributed by atoms with Gasteiger partial charge in [0, 0.05) is 29.3 Å². The Labute approximate surface area is 186 Å². The molecule has 0 N–H and O–H groups in total. The fourth-order valence-corrected chi connectivity index (χ4v) is 4.58. The van der Waals surface area contributed by atoms with Crippen LogP contribution in [-0.4, -0.2) is 14.5 Å². The van der Waals surface area contributed by atoms with E-state index in [1.54, 1.807) is 6.08 Å². The molecule has 0 saturated heterocycles. The minimum absolute atomic E-state index is 0.484. The van der Waals surface area contributed by atoms with Crippen LogP contribution in [0.15, 0.2) is 60.8 Å². The first kappa shape index (κ1) is 18.8. The van der Waals surface area contributed by atoms with E-state index < -0.39 is 0 Å². The predicted molar refractivity (Wildman–Crippen MR) is 123 cm³/mol. The lowest BCUT2D eigenvalue weighted by Gasteiger charge is -2.13. The van der Waals surface area contributed by atoms with Crippen LogP contribution < -0.4 is 4.74 Å². The van der Waals surface area contributed by atoms with Crippen molar-refractivity contribution in [2.24, 2.45) is 0 Å². The van der Waals surface area contributed by atoms with Gasteiger partial charge in [0.15, 0.2) is 5.65 Å². The van der Waals surface area contributed by atoms with E-state index in [0.717, 1.165) is 56.1 Å². The summed E-state index contributed by atoms with van der Waals surface area (Å²) in [6.45, 7) is 3.27. The molecule has 2 aliphatic rings. The van der Waals surface area contributed by atoms with Crippen LogP contribution >= 0.6 is 0 Å². The number of hydrogen-bond acceptors (Lipinski definition) is 4. The molecule has 0 amide bonds. The van der Waals surface area contributed by atoms with E-state index in [-0.39, 0.29) is 0 Å². The van der Waals surface area contributed by atoms with E-state index >= 15 is 0 Å². The van der Waals surface area contributed by atoms with E-state index in [1.165, 1.54) is 12.8 Å². The first-order chi connectivity index (χ1) is 15.7. The summed E-state index contributed by atoms with van der Waals surface area (Å²) in [5, 5.41) is 9.41. The van der Waals surface area contributed by atoms with Crippen molar-refractivity contribution < 1.29 is 4.74 Å². The van der Waals surface area contributed by atoms with Crippen molar-refractivity contribution in [3.05, 3.63) is 94.4 Å². The molecule has 0 radical (unpaired) electrons. The van der Waals surface area contributed by atoms with Crippen molar-refractivity contribution >= 4 is 16.7 Å². The summed E-state index contributed by atoms with van der Waals surface area (Å²) in [6, 6.07) is 18.7. The number of benzene rings is 2. The van der Waals surface area contributed by atoms with Crippen LogP contribution in [0.2, 0.25) is 0 Å². The summed E-state index contributed by atoms with van der Waals surface area (Å²) in [7, 11) is 0. The second kappa shape index (κ2) is 7.35. The third kappa shape index (κ3) is 3.07. The molecule has 2 aromatic heterocycles. The van der Waals surface area contributed by atoms with Crippen LogP contribution in [-0.2, 0) is 13.2 Å². The standard InChI is InChI=1S/C27H22N4O/c1-17-11-13-29-27-25(17)30-26(19-7-8-19)31(27)15-18-6-9-23-22(10-12-28)21-5-3-2-4-20(21)16-32-24(23)14-18/h2-6,9-11,13-14,19H,7-8,15-16H2,1H3. The first-order valence-electron chi connectivity index (χ1n) is 11.0. The molecule has 5 nitrogen and oxygen atoms in total. The smallest absolute Gasteiger partial charge is 0.160 e. The number of aryl methyl sites for hydroxylation is 1. The van der Waals surface area contributed by atoms with E-state index in [0.29, 0.717) is 19.1 Å². The van der Waals surface area contributed by atoms with Gasteiger partial charge in [0.1, 0.15) is 23.7 Å². The maximum Gasteiger partial charge on any atom is 0.160 e. The Kier molecular flexibility index (Phi) is 4.32. The first-order valence-corrected chi connectivity index (χ1v) is 11.0. The molecule has 0 bridgehead atoms. The molecule has 1 fully saturated rings. The molecule has 5 heteroatoms. The maximum absolute atomic E-state index is 9.41. The number of ether oxygens (including phenoxy) is 1. The number of aromatic nitrogens is 3. The van der Waals surface area contributed by atoms with Crippen LogP contribution in [0, 0.1) is 18.3 Å². The maximum atomic E-state index is 9.41. The molecule has 1 aliphatic carbocycles. The molecular weight excluding hydrogens is 396 g/mol. The molecule has 1 aliphatic heterocycles. The Hall–Kier alpha value is -3.91. The van der Waals surface area contributed by atoms with Crippen molar-refractivity contribution in [1.82, 2.24) is 14.5 Å². The van der Waals surface area contributed by atoms with Gasteiger partial charge in [-0.2, -0.15) is 5.26 Å². The number of imidazole rings is 1. The molecule has 0 spiro atoms. The Morgan fingerprint density at radius 1 is 1.16 bits per heavy atom. The fraction of sp³-hybridized carbons (Fsp3) is 0.222. The lowest BCUT2D eigenvalue weighted by atomic mass is 9.93. The third-order valence-electron chi connectivity index (χ3n) is 6.38. The van der Waals surface area contributed by atoms with E-state index in [9.17, 15) is 5.26 Å². The average molecular weight is 419 g/mol. The summed E-state index contributed by atoms with van der Waals surface area (Å²) >= 11 is 0.